The number of aryl methyl sites for hydroxylation is 1. The van der Waals surface area contributed by atoms with E-state index in [4.69, 9.17) is 4.74 Å². The van der Waals surface area contributed by atoms with Crippen LogP contribution in [0.15, 0.2) is 18.2 Å². The van der Waals surface area contributed by atoms with E-state index in [9.17, 15) is 5.11 Å². The molecule has 0 aliphatic carbocycles. The topological polar surface area (TPSA) is 41.5 Å². The molecule has 1 aromatic carbocycles. The Morgan fingerprint density at radius 1 is 1.33 bits per heavy atom. The lowest BCUT2D eigenvalue weighted by molar-refractivity contribution is 0.317. The zero-order chi connectivity index (χ0) is 12.8. The Hall–Kier alpha value is -1.22. The average Bonchev–Trinajstić information content (AvgIpc) is 2.41. The van der Waals surface area contributed by atoms with E-state index in [2.05, 4.69) is 5.32 Å². The second-order valence-corrected chi connectivity index (χ2v) is 4.97. The van der Waals surface area contributed by atoms with Gasteiger partial charge in [-0.2, -0.15) is 0 Å². The Kier molecular flexibility index (Phi) is 4.88. The summed E-state index contributed by atoms with van der Waals surface area (Å²) in [6.07, 6.45) is 4.88. The van der Waals surface area contributed by atoms with E-state index in [0.29, 0.717) is 12.4 Å². The Bertz CT molecular complexity index is 373. The van der Waals surface area contributed by atoms with Gasteiger partial charge in [0, 0.05) is 0 Å². The molecule has 0 aromatic heterocycles. The lowest BCUT2D eigenvalue weighted by Gasteiger charge is -2.22. The molecule has 1 saturated heterocycles. The van der Waals surface area contributed by atoms with Crippen LogP contribution in [0.2, 0.25) is 0 Å². The monoisotopic (exact) mass is 249 g/mol. The number of nitrogens with one attached hydrogen (secondary N) is 1. The number of benzene rings is 1. The molecule has 3 heteroatoms. The molecule has 0 saturated carbocycles. The predicted octanol–water partition coefficient (Wildman–Crippen LogP) is 2.72. The molecule has 0 amide bonds. The van der Waals surface area contributed by atoms with Gasteiger partial charge in [-0.25, -0.2) is 0 Å². The smallest absolute Gasteiger partial charge is 0.161 e. The van der Waals surface area contributed by atoms with Crippen LogP contribution in [-0.4, -0.2) is 24.8 Å². The number of rotatable bonds is 5. The lowest BCUT2D eigenvalue weighted by atomic mass is 9.91. The lowest BCUT2D eigenvalue weighted by Crippen LogP contribution is -2.27. The van der Waals surface area contributed by atoms with Crippen molar-refractivity contribution in [1.82, 2.24) is 5.32 Å². The number of piperidine rings is 1. The van der Waals surface area contributed by atoms with Crippen molar-refractivity contribution in [3.63, 3.8) is 0 Å². The predicted molar refractivity (Wildman–Crippen MR) is 73.2 cm³/mol. The van der Waals surface area contributed by atoms with Gasteiger partial charge in [0.15, 0.2) is 11.5 Å². The molecule has 0 radical (unpaired) electrons. The van der Waals surface area contributed by atoms with Crippen LogP contribution in [0.5, 0.6) is 11.5 Å². The van der Waals surface area contributed by atoms with E-state index in [0.717, 1.165) is 25.4 Å². The molecule has 0 spiro atoms. The summed E-state index contributed by atoms with van der Waals surface area (Å²) in [7, 11) is 0. The van der Waals surface area contributed by atoms with E-state index in [1.807, 2.05) is 19.1 Å². The fraction of sp³-hybridized carbons (Fsp3) is 0.600. The summed E-state index contributed by atoms with van der Waals surface area (Å²) < 4.78 is 5.41. The minimum absolute atomic E-state index is 0.238. The van der Waals surface area contributed by atoms with E-state index < -0.39 is 0 Å². The molecule has 0 unspecified atom stereocenters. The van der Waals surface area contributed by atoms with Crippen LogP contribution in [0, 0.1) is 5.92 Å². The van der Waals surface area contributed by atoms with Crippen LogP contribution in [0.25, 0.3) is 0 Å². The molecule has 1 aromatic rings. The third kappa shape index (κ3) is 3.64. The average molecular weight is 249 g/mol. The zero-order valence-corrected chi connectivity index (χ0v) is 11.1. The molecule has 1 heterocycles. The van der Waals surface area contributed by atoms with Gasteiger partial charge in [0.2, 0.25) is 0 Å². The quantitative estimate of drug-likeness (QED) is 0.843. The summed E-state index contributed by atoms with van der Waals surface area (Å²) >= 11 is 0. The minimum Gasteiger partial charge on any atom is -0.504 e. The maximum atomic E-state index is 9.65. The van der Waals surface area contributed by atoms with Crippen LogP contribution in [0.3, 0.4) is 0 Å². The number of phenols is 1. The first-order valence-electron chi connectivity index (χ1n) is 6.95. The van der Waals surface area contributed by atoms with Gasteiger partial charge in [-0.3, -0.25) is 0 Å². The molecular formula is C15H23NO2. The summed E-state index contributed by atoms with van der Waals surface area (Å²) in [5.74, 6) is 1.69. The van der Waals surface area contributed by atoms with Gasteiger partial charge < -0.3 is 15.2 Å². The van der Waals surface area contributed by atoms with Crippen molar-refractivity contribution in [3.05, 3.63) is 23.8 Å². The normalized spacial score (nSPS) is 16.7. The van der Waals surface area contributed by atoms with Crippen molar-refractivity contribution >= 4 is 0 Å². The molecule has 18 heavy (non-hydrogen) atoms. The first kappa shape index (κ1) is 13.2. The van der Waals surface area contributed by atoms with Gasteiger partial charge in [0.05, 0.1) is 6.61 Å². The summed E-state index contributed by atoms with van der Waals surface area (Å²) in [6, 6.07) is 5.71. The first-order chi connectivity index (χ1) is 8.79. The molecule has 1 aliphatic rings. The molecule has 100 valence electrons. The van der Waals surface area contributed by atoms with Crippen LogP contribution in [0.4, 0.5) is 0 Å². The third-order valence-electron chi connectivity index (χ3n) is 3.62. The second kappa shape index (κ2) is 6.64. The van der Waals surface area contributed by atoms with Crippen molar-refractivity contribution < 1.29 is 9.84 Å². The van der Waals surface area contributed by atoms with Gasteiger partial charge >= 0.3 is 0 Å². The van der Waals surface area contributed by atoms with Crippen molar-refractivity contribution in [1.29, 1.82) is 0 Å². The van der Waals surface area contributed by atoms with E-state index >= 15 is 0 Å². The summed E-state index contributed by atoms with van der Waals surface area (Å²) in [6.45, 7) is 4.83. The van der Waals surface area contributed by atoms with Crippen molar-refractivity contribution in [2.45, 2.75) is 32.6 Å². The maximum Gasteiger partial charge on any atom is 0.161 e. The second-order valence-electron chi connectivity index (χ2n) is 4.97. The summed E-state index contributed by atoms with van der Waals surface area (Å²) in [5.41, 5.74) is 1.26. The van der Waals surface area contributed by atoms with Crippen molar-refractivity contribution in [3.8, 4) is 11.5 Å². The maximum absolute atomic E-state index is 9.65. The molecular weight excluding hydrogens is 226 g/mol. The Labute approximate surface area is 109 Å². The highest BCUT2D eigenvalue weighted by atomic mass is 16.5. The molecule has 0 atom stereocenters. The standard InChI is InChI=1S/C15H23NO2/c1-2-18-15-11-13(5-6-14(15)17)4-3-12-7-9-16-10-8-12/h5-6,11-12,16-17H,2-4,7-10H2,1H3. The number of phenolic OH excluding ortho intramolecular Hbond substituents is 1. The molecule has 1 aliphatic heterocycles. The van der Waals surface area contributed by atoms with Gasteiger partial charge in [-0.15, -0.1) is 0 Å². The third-order valence-corrected chi connectivity index (χ3v) is 3.62. The molecule has 1 fully saturated rings. The largest absolute Gasteiger partial charge is 0.504 e. The van der Waals surface area contributed by atoms with Crippen LogP contribution in [0.1, 0.15) is 31.7 Å². The van der Waals surface area contributed by atoms with Gasteiger partial charge in [0.1, 0.15) is 0 Å². The van der Waals surface area contributed by atoms with Crippen LogP contribution in [-0.2, 0) is 6.42 Å². The molecule has 3 nitrogen and oxygen atoms in total. The fourth-order valence-electron chi connectivity index (χ4n) is 2.53. The van der Waals surface area contributed by atoms with Crippen molar-refractivity contribution in [2.24, 2.45) is 5.92 Å². The molecule has 2 N–H and O–H groups in total. The SMILES string of the molecule is CCOc1cc(CCC2CCNCC2)ccc1O. The van der Waals surface area contributed by atoms with E-state index in [1.165, 1.54) is 24.8 Å². The summed E-state index contributed by atoms with van der Waals surface area (Å²) in [4.78, 5) is 0. The highest BCUT2D eigenvalue weighted by Crippen LogP contribution is 2.28. The van der Waals surface area contributed by atoms with E-state index in [1.54, 1.807) is 6.07 Å². The minimum atomic E-state index is 0.238. The molecule has 0 bridgehead atoms. The van der Waals surface area contributed by atoms with Gasteiger partial charge in [0.25, 0.3) is 0 Å². The Morgan fingerprint density at radius 2 is 2.11 bits per heavy atom. The number of hydrogen-bond donors (Lipinski definition) is 2. The number of hydrogen-bond acceptors (Lipinski definition) is 3. The highest BCUT2D eigenvalue weighted by Gasteiger charge is 2.13. The highest BCUT2D eigenvalue weighted by molar-refractivity contribution is 5.41. The molecule has 2 rings (SSSR count). The van der Waals surface area contributed by atoms with Gasteiger partial charge in [-0.05, 0) is 69.3 Å². The zero-order valence-electron chi connectivity index (χ0n) is 11.1. The van der Waals surface area contributed by atoms with Crippen LogP contribution < -0.4 is 10.1 Å². The van der Waals surface area contributed by atoms with Crippen molar-refractivity contribution in [2.75, 3.05) is 19.7 Å². The van der Waals surface area contributed by atoms with Gasteiger partial charge in [-0.1, -0.05) is 6.07 Å². The Morgan fingerprint density at radius 3 is 2.83 bits per heavy atom. The number of aromatic hydroxyl groups is 1. The van der Waals surface area contributed by atoms with E-state index in [-0.39, 0.29) is 5.75 Å². The fourth-order valence-corrected chi connectivity index (χ4v) is 2.53. The number of ether oxygens (including phenoxy) is 1. The Balaban J connectivity index is 1.90. The first-order valence-corrected chi connectivity index (χ1v) is 6.95. The summed E-state index contributed by atoms with van der Waals surface area (Å²) in [5, 5.41) is 13.0. The van der Waals surface area contributed by atoms with Crippen LogP contribution >= 0.6 is 0 Å².